The number of aromatic hydroxyl groups is 1. The molecule has 0 unspecified atom stereocenters. The van der Waals surface area contributed by atoms with E-state index < -0.39 is 17.9 Å². The van der Waals surface area contributed by atoms with Gasteiger partial charge in [-0.3, -0.25) is 4.79 Å². The molecule has 5 heteroatoms. The molecule has 0 aliphatic rings. The summed E-state index contributed by atoms with van der Waals surface area (Å²) in [6, 6.07) is 5.08. The molecule has 0 fully saturated rings. The first-order chi connectivity index (χ1) is 8.58. The largest absolute Gasteiger partial charge is 0.508 e. The van der Waals surface area contributed by atoms with Gasteiger partial charge < -0.3 is 15.2 Å². The Morgan fingerprint density at radius 2 is 2.28 bits per heavy atom. The number of methoxy groups -OCH3 is 1. The van der Waals surface area contributed by atoms with Crippen molar-refractivity contribution in [3.63, 3.8) is 0 Å². The van der Waals surface area contributed by atoms with Gasteiger partial charge in [0.25, 0.3) is 5.91 Å². The van der Waals surface area contributed by atoms with E-state index in [2.05, 4.69) is 16.6 Å². The fourth-order valence-electron chi connectivity index (χ4n) is 1.41. The molecule has 5 nitrogen and oxygen atoms in total. The average molecular weight is 249 g/mol. The summed E-state index contributed by atoms with van der Waals surface area (Å²) in [5.41, 5.74) is 0.271. The van der Waals surface area contributed by atoms with Gasteiger partial charge in [-0.1, -0.05) is 12.1 Å². The first-order valence-corrected chi connectivity index (χ1v) is 5.37. The molecule has 0 spiro atoms. The molecule has 1 aromatic carbocycles. The van der Waals surface area contributed by atoms with Crippen LogP contribution in [0.3, 0.4) is 0 Å². The van der Waals surface area contributed by atoms with E-state index in [1.54, 1.807) is 6.07 Å². The van der Waals surface area contributed by atoms with Gasteiger partial charge in [-0.05, 0) is 24.6 Å². The van der Waals surface area contributed by atoms with Gasteiger partial charge in [-0.2, -0.15) is 0 Å². The molecule has 96 valence electrons. The lowest BCUT2D eigenvalue weighted by Gasteiger charge is -2.14. The van der Waals surface area contributed by atoms with Gasteiger partial charge in [0.1, 0.15) is 11.8 Å². The normalized spacial score (nSPS) is 11.4. The highest BCUT2D eigenvalue weighted by Gasteiger charge is 2.20. The molecule has 1 atom stereocenters. The smallest absolute Gasteiger partial charge is 0.328 e. The topological polar surface area (TPSA) is 75.6 Å². The minimum Gasteiger partial charge on any atom is -0.508 e. The van der Waals surface area contributed by atoms with Crippen molar-refractivity contribution < 1.29 is 19.4 Å². The number of phenolic OH excluding ortho intramolecular Hbond substituents is 1. The second-order valence-corrected chi connectivity index (χ2v) is 3.62. The monoisotopic (exact) mass is 249 g/mol. The van der Waals surface area contributed by atoms with E-state index in [-0.39, 0.29) is 17.7 Å². The van der Waals surface area contributed by atoms with Crippen LogP contribution < -0.4 is 5.32 Å². The number of amides is 1. The predicted octanol–water partition coefficient (Wildman–Crippen LogP) is 1.24. The van der Waals surface area contributed by atoms with Crippen molar-refractivity contribution in [2.24, 2.45) is 0 Å². The predicted molar refractivity (Wildman–Crippen MR) is 66.2 cm³/mol. The van der Waals surface area contributed by atoms with E-state index in [1.165, 1.54) is 31.4 Å². The number of benzene rings is 1. The maximum atomic E-state index is 11.8. The van der Waals surface area contributed by atoms with Crippen LogP contribution in [0.15, 0.2) is 36.9 Å². The van der Waals surface area contributed by atoms with Crippen LogP contribution in [-0.2, 0) is 9.53 Å². The molecular weight excluding hydrogens is 234 g/mol. The number of ether oxygens (including phenoxy) is 1. The molecule has 2 N–H and O–H groups in total. The molecule has 1 amide bonds. The number of phenols is 1. The molecular formula is C13H15NO4. The Hall–Kier alpha value is -2.30. The first kappa shape index (κ1) is 13.8. The lowest BCUT2D eigenvalue weighted by molar-refractivity contribution is -0.142. The van der Waals surface area contributed by atoms with Crippen molar-refractivity contribution >= 4 is 11.9 Å². The summed E-state index contributed by atoms with van der Waals surface area (Å²) >= 11 is 0. The Morgan fingerprint density at radius 3 is 2.83 bits per heavy atom. The van der Waals surface area contributed by atoms with Crippen LogP contribution in [0.2, 0.25) is 0 Å². The Bertz CT molecular complexity index is 456. The van der Waals surface area contributed by atoms with E-state index in [1.807, 2.05) is 0 Å². The van der Waals surface area contributed by atoms with Gasteiger partial charge in [0.05, 0.1) is 7.11 Å². The molecule has 0 radical (unpaired) electrons. The van der Waals surface area contributed by atoms with Crippen LogP contribution in [-0.4, -0.2) is 30.1 Å². The fourth-order valence-corrected chi connectivity index (χ4v) is 1.41. The van der Waals surface area contributed by atoms with Crippen LogP contribution in [0.1, 0.15) is 16.8 Å². The second-order valence-electron chi connectivity index (χ2n) is 3.62. The Kier molecular flexibility index (Phi) is 4.92. The van der Waals surface area contributed by atoms with Gasteiger partial charge in [0.2, 0.25) is 0 Å². The highest BCUT2D eigenvalue weighted by atomic mass is 16.5. The lowest BCUT2D eigenvalue weighted by Crippen LogP contribution is -2.41. The summed E-state index contributed by atoms with van der Waals surface area (Å²) in [7, 11) is 1.25. The summed E-state index contributed by atoms with van der Waals surface area (Å²) in [6.45, 7) is 3.51. The molecule has 0 saturated heterocycles. The maximum absolute atomic E-state index is 11.8. The molecule has 0 aliphatic heterocycles. The number of esters is 1. The summed E-state index contributed by atoms with van der Waals surface area (Å²) in [6.07, 6.45) is 1.79. The number of hydrogen-bond acceptors (Lipinski definition) is 4. The Labute approximate surface area is 105 Å². The highest BCUT2D eigenvalue weighted by Crippen LogP contribution is 2.11. The minimum absolute atomic E-state index is 0.0130. The number of hydrogen-bond donors (Lipinski definition) is 2. The third-order valence-electron chi connectivity index (χ3n) is 2.30. The third kappa shape index (κ3) is 3.62. The molecule has 0 heterocycles. The summed E-state index contributed by atoms with van der Waals surface area (Å²) in [5, 5.41) is 11.8. The Balaban J connectivity index is 2.78. The summed E-state index contributed by atoms with van der Waals surface area (Å²) < 4.78 is 4.57. The standard InChI is InChI=1S/C13H15NO4/c1-3-5-11(13(17)18-2)14-12(16)9-6-4-7-10(15)8-9/h3-4,6-8,11,15H,1,5H2,2H3,(H,14,16)/t11-/m1/s1. The molecule has 0 saturated carbocycles. The number of carbonyl (C=O) groups is 2. The first-order valence-electron chi connectivity index (χ1n) is 5.37. The summed E-state index contributed by atoms with van der Waals surface area (Å²) in [4.78, 5) is 23.2. The van der Waals surface area contributed by atoms with Crippen LogP contribution in [0.5, 0.6) is 5.75 Å². The number of nitrogens with one attached hydrogen (secondary N) is 1. The maximum Gasteiger partial charge on any atom is 0.328 e. The van der Waals surface area contributed by atoms with Crippen LogP contribution >= 0.6 is 0 Å². The molecule has 1 rings (SSSR count). The zero-order chi connectivity index (χ0) is 13.5. The van der Waals surface area contributed by atoms with Crippen molar-refractivity contribution in [3.8, 4) is 5.75 Å². The van der Waals surface area contributed by atoms with Gasteiger partial charge in [0, 0.05) is 5.56 Å². The lowest BCUT2D eigenvalue weighted by atomic mass is 10.1. The van der Waals surface area contributed by atoms with Gasteiger partial charge in [-0.15, -0.1) is 6.58 Å². The number of carbonyl (C=O) groups excluding carboxylic acids is 2. The average Bonchev–Trinajstić information content (AvgIpc) is 2.37. The van der Waals surface area contributed by atoms with Gasteiger partial charge in [-0.25, -0.2) is 4.79 Å². The molecule has 0 aliphatic carbocycles. The van der Waals surface area contributed by atoms with E-state index in [0.717, 1.165) is 0 Å². The van der Waals surface area contributed by atoms with Crippen molar-refractivity contribution in [1.82, 2.24) is 5.32 Å². The Morgan fingerprint density at radius 1 is 1.56 bits per heavy atom. The molecule has 0 aromatic heterocycles. The highest BCUT2D eigenvalue weighted by molar-refractivity contribution is 5.97. The van der Waals surface area contributed by atoms with E-state index in [9.17, 15) is 14.7 Å². The molecule has 18 heavy (non-hydrogen) atoms. The van der Waals surface area contributed by atoms with Crippen molar-refractivity contribution in [2.45, 2.75) is 12.5 Å². The van der Waals surface area contributed by atoms with Crippen LogP contribution in [0.4, 0.5) is 0 Å². The molecule has 1 aromatic rings. The third-order valence-corrected chi connectivity index (χ3v) is 2.30. The minimum atomic E-state index is -0.776. The zero-order valence-electron chi connectivity index (χ0n) is 10.1. The van der Waals surface area contributed by atoms with E-state index in [4.69, 9.17) is 0 Å². The molecule has 0 bridgehead atoms. The van der Waals surface area contributed by atoms with E-state index >= 15 is 0 Å². The van der Waals surface area contributed by atoms with Gasteiger partial charge >= 0.3 is 5.97 Å². The van der Waals surface area contributed by atoms with Crippen molar-refractivity contribution in [1.29, 1.82) is 0 Å². The van der Waals surface area contributed by atoms with Crippen molar-refractivity contribution in [2.75, 3.05) is 7.11 Å². The van der Waals surface area contributed by atoms with Crippen LogP contribution in [0.25, 0.3) is 0 Å². The quantitative estimate of drug-likeness (QED) is 0.608. The summed E-state index contributed by atoms with van der Waals surface area (Å²) in [5.74, 6) is -1.01. The zero-order valence-corrected chi connectivity index (χ0v) is 10.1. The fraction of sp³-hybridized carbons (Fsp3) is 0.231. The van der Waals surface area contributed by atoms with E-state index in [0.29, 0.717) is 0 Å². The second kappa shape index (κ2) is 6.44. The SMILES string of the molecule is C=CC[C@@H](NC(=O)c1cccc(O)c1)C(=O)OC. The number of rotatable bonds is 5. The van der Waals surface area contributed by atoms with Gasteiger partial charge in [0.15, 0.2) is 0 Å². The van der Waals surface area contributed by atoms with Crippen LogP contribution in [0, 0.1) is 0 Å². The van der Waals surface area contributed by atoms with Crippen molar-refractivity contribution in [3.05, 3.63) is 42.5 Å².